The predicted molar refractivity (Wildman–Crippen MR) is 67.3 cm³/mol. The fourth-order valence-corrected chi connectivity index (χ4v) is 2.45. The van der Waals surface area contributed by atoms with Gasteiger partial charge in [-0.25, -0.2) is 15.0 Å². The smallest absolute Gasteiger partial charge is 0.328 e. The Bertz CT molecular complexity index is 624. The maximum atomic E-state index is 10.7. The van der Waals surface area contributed by atoms with E-state index < -0.39 is 19.9 Å². The first-order valence-corrected chi connectivity index (χ1v) is 7.30. The Kier molecular flexibility index (Phi) is 3.81. The number of aryl methyl sites for hydroxylation is 1. The number of hydrogen-bond acceptors (Lipinski definition) is 6. The molecule has 0 fully saturated rings. The second-order valence-electron chi connectivity index (χ2n) is 4.16. The molecule has 104 valence electrons. The van der Waals surface area contributed by atoms with Crippen LogP contribution < -0.4 is 5.73 Å². The Morgan fingerprint density at radius 2 is 2.11 bits per heavy atom. The summed E-state index contributed by atoms with van der Waals surface area (Å²) in [5.74, 6) is 0.263. The molecule has 2 aromatic heterocycles. The van der Waals surface area contributed by atoms with Gasteiger partial charge in [-0.2, -0.15) is 0 Å². The minimum Gasteiger partial charge on any atom is -0.392 e. The molecule has 2 heterocycles. The van der Waals surface area contributed by atoms with E-state index in [9.17, 15) is 9.67 Å². The standard InChI is InChI=1S/C9H14N5O4P/c10-8-7-9(12-4-11-8)14(5-13-7)2-1-6(15)3-19(16,17)18/h4-6,15H,1-3H2,(H2,10,11,12)(H2,16,17,18)/t6-/m0/s1. The van der Waals surface area contributed by atoms with Gasteiger partial charge in [0.15, 0.2) is 11.5 Å². The van der Waals surface area contributed by atoms with Crippen LogP contribution >= 0.6 is 7.60 Å². The number of nitrogens with zero attached hydrogens (tertiary/aromatic N) is 4. The molecule has 2 rings (SSSR count). The van der Waals surface area contributed by atoms with Crippen LogP contribution in [0.25, 0.3) is 11.2 Å². The zero-order valence-electron chi connectivity index (χ0n) is 9.92. The van der Waals surface area contributed by atoms with E-state index in [-0.39, 0.29) is 12.2 Å². The van der Waals surface area contributed by atoms with Gasteiger partial charge in [-0.3, -0.25) is 4.57 Å². The predicted octanol–water partition coefficient (Wildman–Crippen LogP) is -0.663. The minimum atomic E-state index is -4.20. The number of hydrogen-bond donors (Lipinski definition) is 4. The van der Waals surface area contributed by atoms with Crippen LogP contribution in [0.2, 0.25) is 0 Å². The number of imidazole rings is 1. The Morgan fingerprint density at radius 3 is 2.79 bits per heavy atom. The third-order valence-corrected chi connectivity index (χ3v) is 3.48. The molecule has 0 spiro atoms. The van der Waals surface area contributed by atoms with Crippen molar-refractivity contribution in [1.82, 2.24) is 19.5 Å². The maximum Gasteiger partial charge on any atom is 0.328 e. The van der Waals surface area contributed by atoms with Crippen molar-refractivity contribution >= 4 is 24.6 Å². The Hall–Kier alpha value is -1.54. The minimum absolute atomic E-state index is 0.181. The number of fused-ring (bicyclic) bond motifs is 1. The first-order chi connectivity index (χ1) is 8.87. The van der Waals surface area contributed by atoms with E-state index in [1.807, 2.05) is 0 Å². The van der Waals surface area contributed by atoms with E-state index in [0.29, 0.717) is 17.7 Å². The van der Waals surface area contributed by atoms with E-state index in [0.717, 1.165) is 0 Å². The highest BCUT2D eigenvalue weighted by Gasteiger charge is 2.19. The van der Waals surface area contributed by atoms with Gasteiger partial charge in [0.05, 0.1) is 18.6 Å². The van der Waals surface area contributed by atoms with E-state index in [4.69, 9.17) is 15.5 Å². The maximum absolute atomic E-state index is 10.7. The topological polar surface area (TPSA) is 147 Å². The molecule has 0 aliphatic rings. The number of aromatic nitrogens is 4. The summed E-state index contributed by atoms with van der Waals surface area (Å²) in [6.45, 7) is 0.327. The molecular weight excluding hydrogens is 273 g/mol. The summed E-state index contributed by atoms with van der Waals surface area (Å²) in [6, 6.07) is 0. The van der Waals surface area contributed by atoms with Crippen molar-refractivity contribution < 1.29 is 19.5 Å². The highest BCUT2D eigenvalue weighted by molar-refractivity contribution is 7.51. The van der Waals surface area contributed by atoms with Crippen molar-refractivity contribution in [3.05, 3.63) is 12.7 Å². The Morgan fingerprint density at radius 1 is 1.37 bits per heavy atom. The number of aliphatic hydroxyl groups is 1. The molecule has 0 radical (unpaired) electrons. The molecule has 0 aliphatic heterocycles. The Balaban J connectivity index is 2.06. The van der Waals surface area contributed by atoms with Crippen molar-refractivity contribution in [3.8, 4) is 0 Å². The average Bonchev–Trinajstić information content (AvgIpc) is 2.69. The van der Waals surface area contributed by atoms with Crippen LogP contribution in [0.4, 0.5) is 5.82 Å². The van der Waals surface area contributed by atoms with Crippen LogP contribution in [-0.4, -0.2) is 46.7 Å². The van der Waals surface area contributed by atoms with Crippen LogP contribution in [0, 0.1) is 0 Å². The van der Waals surface area contributed by atoms with Gasteiger partial charge < -0.3 is 25.2 Å². The molecule has 0 amide bonds. The zero-order valence-corrected chi connectivity index (χ0v) is 10.8. The molecule has 9 nitrogen and oxygen atoms in total. The number of nitrogens with two attached hydrogens (primary N) is 1. The number of nitrogen functional groups attached to an aromatic ring is 1. The molecule has 0 aliphatic carbocycles. The van der Waals surface area contributed by atoms with E-state index in [1.54, 1.807) is 4.57 Å². The van der Waals surface area contributed by atoms with Crippen LogP contribution in [0.3, 0.4) is 0 Å². The van der Waals surface area contributed by atoms with Crippen LogP contribution in [0.1, 0.15) is 6.42 Å². The van der Waals surface area contributed by atoms with Crippen molar-refractivity contribution in [2.24, 2.45) is 0 Å². The summed E-state index contributed by atoms with van der Waals surface area (Å²) in [4.78, 5) is 29.4. The lowest BCUT2D eigenvalue weighted by Gasteiger charge is -2.11. The van der Waals surface area contributed by atoms with Gasteiger partial charge in [0.1, 0.15) is 11.8 Å². The van der Waals surface area contributed by atoms with Crippen LogP contribution in [0.15, 0.2) is 12.7 Å². The quantitative estimate of drug-likeness (QED) is 0.529. The average molecular weight is 287 g/mol. The second kappa shape index (κ2) is 5.22. The highest BCUT2D eigenvalue weighted by Crippen LogP contribution is 2.35. The lowest BCUT2D eigenvalue weighted by molar-refractivity contribution is 0.173. The fourth-order valence-electron chi connectivity index (χ4n) is 1.72. The van der Waals surface area contributed by atoms with Crippen molar-refractivity contribution in [1.29, 1.82) is 0 Å². The Labute approximate surface area is 108 Å². The lowest BCUT2D eigenvalue weighted by Crippen LogP contribution is -2.15. The normalized spacial score (nSPS) is 13.8. The van der Waals surface area contributed by atoms with Crippen molar-refractivity contribution in [3.63, 3.8) is 0 Å². The summed E-state index contributed by atoms with van der Waals surface area (Å²) in [7, 11) is -4.20. The van der Waals surface area contributed by atoms with Crippen molar-refractivity contribution in [2.75, 3.05) is 11.9 Å². The number of aliphatic hydroxyl groups excluding tert-OH is 1. The molecule has 1 atom stereocenters. The highest BCUT2D eigenvalue weighted by atomic mass is 31.2. The molecule has 0 unspecified atom stereocenters. The van der Waals surface area contributed by atoms with E-state index in [2.05, 4.69) is 15.0 Å². The van der Waals surface area contributed by atoms with Gasteiger partial charge in [0.2, 0.25) is 0 Å². The third-order valence-electron chi connectivity index (χ3n) is 2.58. The summed E-state index contributed by atoms with van der Waals surface area (Å²) in [6.07, 6.45) is 1.34. The lowest BCUT2D eigenvalue weighted by atomic mass is 10.3. The molecule has 0 aromatic carbocycles. The van der Waals surface area contributed by atoms with Crippen LogP contribution in [0.5, 0.6) is 0 Å². The van der Waals surface area contributed by atoms with E-state index >= 15 is 0 Å². The van der Waals surface area contributed by atoms with Gasteiger partial charge >= 0.3 is 7.60 Å². The van der Waals surface area contributed by atoms with Gasteiger partial charge in [-0.15, -0.1) is 0 Å². The monoisotopic (exact) mass is 287 g/mol. The third kappa shape index (κ3) is 3.48. The molecule has 0 saturated carbocycles. The SMILES string of the molecule is Nc1ncnc2c1ncn2CC[C@H](O)CP(=O)(O)O. The van der Waals surface area contributed by atoms with Gasteiger partial charge in [-0.05, 0) is 6.42 Å². The van der Waals surface area contributed by atoms with Gasteiger partial charge in [-0.1, -0.05) is 0 Å². The zero-order chi connectivity index (χ0) is 14.0. The molecular formula is C9H14N5O4P. The fraction of sp³-hybridized carbons (Fsp3) is 0.444. The molecule has 10 heteroatoms. The second-order valence-corrected chi connectivity index (χ2v) is 5.85. The number of rotatable bonds is 5. The van der Waals surface area contributed by atoms with Crippen LogP contribution in [-0.2, 0) is 11.1 Å². The number of anilines is 1. The first kappa shape index (κ1) is 13.9. The summed E-state index contributed by atoms with van der Waals surface area (Å²) < 4.78 is 12.4. The van der Waals surface area contributed by atoms with Crippen molar-refractivity contribution in [2.45, 2.75) is 19.1 Å². The first-order valence-electron chi connectivity index (χ1n) is 5.51. The molecule has 19 heavy (non-hydrogen) atoms. The summed E-state index contributed by atoms with van der Waals surface area (Å²) >= 11 is 0. The van der Waals surface area contributed by atoms with Gasteiger partial charge in [0, 0.05) is 6.54 Å². The summed E-state index contributed by atoms with van der Waals surface area (Å²) in [5, 5.41) is 9.53. The molecule has 0 saturated heterocycles. The molecule has 0 bridgehead atoms. The van der Waals surface area contributed by atoms with E-state index in [1.165, 1.54) is 12.7 Å². The summed E-state index contributed by atoms with van der Waals surface area (Å²) in [5.41, 5.74) is 6.62. The van der Waals surface area contributed by atoms with Gasteiger partial charge in [0.25, 0.3) is 0 Å². The largest absolute Gasteiger partial charge is 0.392 e. The molecule has 2 aromatic rings. The molecule has 5 N–H and O–H groups in total.